The number of aromatic nitrogens is 4. The highest BCUT2D eigenvalue weighted by Gasteiger charge is 2.35. The van der Waals surface area contributed by atoms with Crippen LogP contribution in [0.2, 0.25) is 0 Å². The number of imidazole rings is 1. The zero-order valence-corrected chi connectivity index (χ0v) is 13.0. The van der Waals surface area contributed by atoms with Gasteiger partial charge < -0.3 is 9.67 Å². The monoisotopic (exact) mass is 308 g/mol. The summed E-state index contributed by atoms with van der Waals surface area (Å²) in [5, 5.41) is 11.0. The average molecular weight is 308 g/mol. The predicted octanol–water partition coefficient (Wildman–Crippen LogP) is 3.03. The molecule has 1 fully saturated rings. The Morgan fingerprint density at radius 3 is 2.57 bits per heavy atom. The lowest BCUT2D eigenvalue weighted by atomic mass is 9.82. The molecule has 2 aromatic heterocycles. The van der Waals surface area contributed by atoms with Crippen LogP contribution in [0, 0.1) is 0 Å². The van der Waals surface area contributed by atoms with Crippen molar-refractivity contribution in [1.82, 2.24) is 19.5 Å². The summed E-state index contributed by atoms with van der Waals surface area (Å²) in [4.78, 5) is 13.3. The zero-order valence-electron chi connectivity index (χ0n) is 13.0. The van der Waals surface area contributed by atoms with Crippen LogP contribution in [0.25, 0.3) is 11.2 Å². The summed E-state index contributed by atoms with van der Waals surface area (Å²) in [5.41, 5.74) is 2.55. The maximum atomic E-state index is 11.0. The lowest BCUT2D eigenvalue weighted by Gasteiger charge is -2.31. The molecular weight excluding hydrogens is 288 g/mol. The number of aliphatic hydroxyl groups is 1. The fourth-order valence-corrected chi connectivity index (χ4v) is 3.49. The van der Waals surface area contributed by atoms with Crippen molar-refractivity contribution >= 4 is 11.2 Å². The number of rotatable bonds is 3. The lowest BCUT2D eigenvalue weighted by Crippen LogP contribution is -2.30. The number of fused-ring (bicyclic) bond motifs is 1. The van der Waals surface area contributed by atoms with Gasteiger partial charge in [0.1, 0.15) is 23.1 Å². The summed E-state index contributed by atoms with van der Waals surface area (Å²) in [5.74, 6) is 0. The van der Waals surface area contributed by atoms with Gasteiger partial charge in [-0.3, -0.25) is 0 Å². The molecule has 0 amide bonds. The van der Waals surface area contributed by atoms with E-state index >= 15 is 0 Å². The summed E-state index contributed by atoms with van der Waals surface area (Å²) in [6, 6.07) is 10.2. The lowest BCUT2D eigenvalue weighted by molar-refractivity contribution is -0.00337. The van der Waals surface area contributed by atoms with Gasteiger partial charge in [0.05, 0.1) is 12.9 Å². The van der Waals surface area contributed by atoms with Crippen molar-refractivity contribution in [2.75, 3.05) is 0 Å². The molecule has 1 aromatic carbocycles. The summed E-state index contributed by atoms with van der Waals surface area (Å²) >= 11 is 0. The molecule has 1 aliphatic carbocycles. The molecule has 0 atom stereocenters. The number of nitrogens with zero attached hydrogens (tertiary/aromatic N) is 4. The van der Waals surface area contributed by atoms with E-state index in [1.807, 2.05) is 22.8 Å². The first-order valence-corrected chi connectivity index (χ1v) is 8.19. The Balaban J connectivity index is 1.75. The molecule has 5 nitrogen and oxygen atoms in total. The van der Waals surface area contributed by atoms with Crippen LogP contribution in [0.15, 0.2) is 43.0 Å². The summed E-state index contributed by atoms with van der Waals surface area (Å²) in [6.45, 7) is 0.715. The maximum Gasteiger partial charge on any atom is 0.163 e. The van der Waals surface area contributed by atoms with E-state index in [1.165, 1.54) is 12.0 Å². The SMILES string of the molecule is OC1(c2ncnc3c2ncn3Cc2ccccc2)CCCCC1. The Morgan fingerprint density at radius 2 is 1.78 bits per heavy atom. The van der Waals surface area contributed by atoms with E-state index in [9.17, 15) is 5.11 Å². The molecule has 0 spiro atoms. The van der Waals surface area contributed by atoms with Gasteiger partial charge in [-0.1, -0.05) is 49.6 Å². The Morgan fingerprint density at radius 1 is 1.00 bits per heavy atom. The summed E-state index contributed by atoms with van der Waals surface area (Å²) < 4.78 is 2.02. The predicted molar refractivity (Wildman–Crippen MR) is 87.8 cm³/mol. The van der Waals surface area contributed by atoms with Gasteiger partial charge in [-0.25, -0.2) is 15.0 Å². The molecule has 4 rings (SSSR count). The summed E-state index contributed by atoms with van der Waals surface area (Å²) in [6.07, 6.45) is 8.10. The molecule has 0 unspecified atom stereocenters. The van der Waals surface area contributed by atoms with E-state index in [-0.39, 0.29) is 0 Å². The van der Waals surface area contributed by atoms with E-state index in [0.29, 0.717) is 12.2 Å². The number of hydrogen-bond acceptors (Lipinski definition) is 4. The minimum atomic E-state index is -0.856. The standard InChI is InChI=1S/C18H20N4O/c23-18(9-5-2-6-10-18)16-15-17(20-12-19-16)22(13-21-15)11-14-7-3-1-4-8-14/h1,3-4,7-8,12-13,23H,2,5-6,9-11H2. The van der Waals surface area contributed by atoms with E-state index in [2.05, 4.69) is 27.1 Å². The largest absolute Gasteiger partial charge is 0.383 e. The van der Waals surface area contributed by atoms with Crippen LogP contribution >= 0.6 is 0 Å². The van der Waals surface area contributed by atoms with Gasteiger partial charge in [0.25, 0.3) is 0 Å². The molecule has 0 radical (unpaired) electrons. The number of benzene rings is 1. The van der Waals surface area contributed by atoms with Gasteiger partial charge in [0.15, 0.2) is 5.65 Å². The molecule has 5 heteroatoms. The molecule has 1 N–H and O–H groups in total. The van der Waals surface area contributed by atoms with Crippen molar-refractivity contribution in [2.24, 2.45) is 0 Å². The molecule has 0 saturated heterocycles. The minimum Gasteiger partial charge on any atom is -0.383 e. The molecule has 0 aliphatic heterocycles. The van der Waals surface area contributed by atoms with Crippen molar-refractivity contribution in [2.45, 2.75) is 44.2 Å². The first-order chi connectivity index (χ1) is 11.3. The van der Waals surface area contributed by atoms with Gasteiger partial charge in [-0.2, -0.15) is 0 Å². The van der Waals surface area contributed by atoms with Crippen LogP contribution in [0.4, 0.5) is 0 Å². The Hall–Kier alpha value is -2.27. The molecule has 3 aromatic rings. The topological polar surface area (TPSA) is 63.8 Å². The first-order valence-electron chi connectivity index (χ1n) is 8.19. The Kier molecular flexibility index (Phi) is 3.58. The quantitative estimate of drug-likeness (QED) is 0.808. The third-order valence-electron chi connectivity index (χ3n) is 4.72. The van der Waals surface area contributed by atoms with Crippen LogP contribution in [-0.2, 0) is 12.1 Å². The fraction of sp³-hybridized carbons (Fsp3) is 0.389. The van der Waals surface area contributed by atoms with Gasteiger partial charge in [0, 0.05) is 0 Å². The van der Waals surface area contributed by atoms with Gasteiger partial charge >= 0.3 is 0 Å². The third-order valence-corrected chi connectivity index (χ3v) is 4.72. The van der Waals surface area contributed by atoms with Crippen LogP contribution < -0.4 is 0 Å². The minimum absolute atomic E-state index is 0.689. The highest BCUT2D eigenvalue weighted by atomic mass is 16.3. The van der Waals surface area contributed by atoms with Crippen molar-refractivity contribution < 1.29 is 5.11 Å². The second-order valence-corrected chi connectivity index (χ2v) is 6.34. The second-order valence-electron chi connectivity index (χ2n) is 6.34. The third kappa shape index (κ3) is 2.61. The molecule has 1 saturated carbocycles. The molecule has 118 valence electrons. The molecule has 23 heavy (non-hydrogen) atoms. The number of hydrogen-bond donors (Lipinski definition) is 1. The second kappa shape index (κ2) is 5.74. The van der Waals surface area contributed by atoms with Crippen molar-refractivity contribution in [3.05, 3.63) is 54.2 Å². The Labute approximate surface area is 135 Å². The van der Waals surface area contributed by atoms with Gasteiger partial charge in [0.2, 0.25) is 0 Å². The van der Waals surface area contributed by atoms with Crippen molar-refractivity contribution in [3.8, 4) is 0 Å². The van der Waals surface area contributed by atoms with Crippen LogP contribution in [0.5, 0.6) is 0 Å². The molecule has 0 bridgehead atoms. The maximum absolute atomic E-state index is 11.0. The first kappa shape index (κ1) is 14.3. The van der Waals surface area contributed by atoms with Crippen LogP contribution in [0.1, 0.15) is 43.4 Å². The summed E-state index contributed by atoms with van der Waals surface area (Å²) in [7, 11) is 0. The van der Waals surface area contributed by atoms with Gasteiger partial charge in [-0.15, -0.1) is 0 Å². The van der Waals surface area contributed by atoms with Crippen molar-refractivity contribution in [3.63, 3.8) is 0 Å². The van der Waals surface area contributed by atoms with E-state index in [1.54, 1.807) is 12.7 Å². The highest BCUT2D eigenvalue weighted by molar-refractivity contribution is 5.74. The van der Waals surface area contributed by atoms with Gasteiger partial charge in [-0.05, 0) is 18.4 Å². The highest BCUT2D eigenvalue weighted by Crippen LogP contribution is 2.38. The van der Waals surface area contributed by atoms with Crippen molar-refractivity contribution in [1.29, 1.82) is 0 Å². The van der Waals surface area contributed by atoms with Crippen LogP contribution in [0.3, 0.4) is 0 Å². The molecule has 1 aliphatic rings. The smallest absolute Gasteiger partial charge is 0.163 e. The van der Waals surface area contributed by atoms with E-state index in [0.717, 1.165) is 36.8 Å². The Bertz CT molecular complexity index is 806. The molecular formula is C18H20N4O. The molecule has 2 heterocycles. The van der Waals surface area contributed by atoms with E-state index in [4.69, 9.17) is 0 Å². The average Bonchev–Trinajstić information content (AvgIpc) is 2.99. The van der Waals surface area contributed by atoms with E-state index < -0.39 is 5.60 Å². The zero-order chi connectivity index (χ0) is 15.7. The normalized spacial score (nSPS) is 17.4. The fourth-order valence-electron chi connectivity index (χ4n) is 3.49. The van der Waals surface area contributed by atoms with Crippen LogP contribution in [-0.4, -0.2) is 24.6 Å².